The molecule has 0 aliphatic carbocycles. The second-order valence-electron chi connectivity index (χ2n) is 7.96. The summed E-state index contributed by atoms with van der Waals surface area (Å²) >= 11 is 1.61. The largest absolute Gasteiger partial charge is 0.355 e. The first-order chi connectivity index (χ1) is 16.4. The molecular weight excluding hydrogens is 466 g/mol. The number of hydrogen-bond acceptors (Lipinski definition) is 5. The fourth-order valence-corrected chi connectivity index (χ4v) is 5.50. The quantitative estimate of drug-likeness (QED) is 0.282. The second-order valence-corrected chi connectivity index (χ2v) is 10.5. The van der Waals surface area contributed by atoms with Gasteiger partial charge in [0.15, 0.2) is 0 Å². The number of nitrogens with one attached hydrogen (secondary N) is 1. The van der Waals surface area contributed by atoms with E-state index in [-0.39, 0.29) is 4.90 Å². The Morgan fingerprint density at radius 3 is 1.85 bits per heavy atom. The minimum Gasteiger partial charge on any atom is -0.355 e. The number of benzene rings is 1. The average molecular weight is 484 g/mol. The van der Waals surface area contributed by atoms with Crippen LogP contribution in [-0.4, -0.2) is 27.9 Å². The summed E-state index contributed by atoms with van der Waals surface area (Å²) in [5.74, 6) is 0. The van der Waals surface area contributed by atoms with E-state index < -0.39 is 10.1 Å². The van der Waals surface area contributed by atoms with Crippen LogP contribution in [-0.2, 0) is 10.1 Å². The van der Waals surface area contributed by atoms with Crippen LogP contribution in [0.2, 0.25) is 0 Å². The van der Waals surface area contributed by atoms with Crippen molar-refractivity contribution in [1.29, 1.82) is 0 Å². The summed E-state index contributed by atoms with van der Waals surface area (Å²) in [4.78, 5) is 12.7. The molecule has 5 heterocycles. The van der Waals surface area contributed by atoms with Gasteiger partial charge in [0.05, 0.1) is 27.7 Å². The van der Waals surface area contributed by atoms with Crippen molar-refractivity contribution in [2.24, 2.45) is 0 Å². The molecule has 3 aromatic heterocycles. The molecule has 4 aromatic rings. The van der Waals surface area contributed by atoms with Gasteiger partial charge in [0.25, 0.3) is 10.1 Å². The summed E-state index contributed by atoms with van der Waals surface area (Å²) in [6.07, 6.45) is 7.90. The lowest BCUT2D eigenvalue weighted by Crippen LogP contribution is -1.97. The van der Waals surface area contributed by atoms with Crippen LogP contribution >= 0.6 is 11.3 Å². The second kappa shape index (κ2) is 7.88. The molecule has 0 saturated carbocycles. The van der Waals surface area contributed by atoms with E-state index in [1.807, 2.05) is 60.7 Å². The van der Waals surface area contributed by atoms with Gasteiger partial charge in [-0.2, -0.15) is 8.42 Å². The predicted molar refractivity (Wildman–Crippen MR) is 138 cm³/mol. The van der Waals surface area contributed by atoms with Crippen LogP contribution in [0.5, 0.6) is 0 Å². The molecule has 0 saturated heterocycles. The molecular formula is C26H17N3O3S2. The maximum atomic E-state index is 11.4. The molecule has 0 amide bonds. The van der Waals surface area contributed by atoms with Gasteiger partial charge >= 0.3 is 0 Å². The Morgan fingerprint density at radius 2 is 1.26 bits per heavy atom. The third kappa shape index (κ3) is 4.10. The Bertz CT molecular complexity index is 1780. The minimum atomic E-state index is -4.25. The molecule has 2 aliphatic heterocycles. The maximum Gasteiger partial charge on any atom is 0.294 e. The zero-order valence-electron chi connectivity index (χ0n) is 17.6. The number of rotatable bonds is 2. The maximum absolute atomic E-state index is 11.4. The Balaban J connectivity index is 1.61. The topological polar surface area (TPSA) is 95.9 Å². The lowest BCUT2D eigenvalue weighted by atomic mass is 10.1. The van der Waals surface area contributed by atoms with Crippen LogP contribution in [0.4, 0.5) is 0 Å². The van der Waals surface area contributed by atoms with Crippen LogP contribution < -0.4 is 0 Å². The van der Waals surface area contributed by atoms with Gasteiger partial charge in [-0.3, -0.25) is 4.55 Å². The monoisotopic (exact) mass is 483 g/mol. The van der Waals surface area contributed by atoms with Crippen LogP contribution in [0.15, 0.2) is 71.6 Å². The zero-order valence-corrected chi connectivity index (χ0v) is 19.3. The number of nitrogens with zero attached hydrogens (tertiary/aromatic N) is 2. The Hall–Kier alpha value is -3.85. The van der Waals surface area contributed by atoms with Gasteiger partial charge in [-0.25, -0.2) is 9.97 Å². The van der Waals surface area contributed by atoms with Gasteiger partial charge in [0.2, 0.25) is 0 Å². The highest BCUT2D eigenvalue weighted by Crippen LogP contribution is 2.34. The normalized spacial score (nSPS) is 12.9. The minimum absolute atomic E-state index is 0.135. The van der Waals surface area contributed by atoms with Gasteiger partial charge < -0.3 is 4.98 Å². The molecule has 0 fully saturated rings. The number of hydrogen-bond donors (Lipinski definition) is 2. The van der Waals surface area contributed by atoms with Gasteiger partial charge in [0.1, 0.15) is 0 Å². The summed E-state index contributed by atoms with van der Waals surface area (Å²) in [5.41, 5.74) is 7.11. The molecule has 8 bridgehead atoms. The van der Waals surface area contributed by atoms with Crippen molar-refractivity contribution in [3.63, 3.8) is 0 Å². The molecule has 2 N–H and O–H groups in total. The van der Waals surface area contributed by atoms with Gasteiger partial charge in [-0.05, 0) is 84.5 Å². The standard InChI is InChI=1S/C26H17N3O3S2/c30-34(31,32)24-9-1-16(2-10-24)25-15-23-13-21-7-5-19(28-21)11-17-3-4-18(27-17)12-20-6-8-22(29-20)14-26(25)33-23/h1-15,27H,(H,30,31,32). The van der Waals surface area contributed by atoms with E-state index >= 15 is 0 Å². The molecule has 8 heteroatoms. The lowest BCUT2D eigenvalue weighted by Gasteiger charge is -2.01. The summed E-state index contributed by atoms with van der Waals surface area (Å²) in [6.45, 7) is 0. The highest BCUT2D eigenvalue weighted by Gasteiger charge is 2.11. The Kier molecular flexibility index (Phi) is 4.80. The van der Waals surface area contributed by atoms with Gasteiger partial charge in [0, 0.05) is 26.0 Å². The van der Waals surface area contributed by atoms with E-state index in [0.717, 1.165) is 54.3 Å². The van der Waals surface area contributed by atoms with Crippen LogP contribution in [0.25, 0.3) is 55.9 Å². The Labute approximate surface area is 199 Å². The molecule has 1 aromatic carbocycles. The van der Waals surface area contributed by atoms with Crippen molar-refractivity contribution in [3.8, 4) is 11.1 Å². The summed E-state index contributed by atoms with van der Waals surface area (Å²) in [7, 11) is -4.25. The van der Waals surface area contributed by atoms with E-state index in [4.69, 9.17) is 9.97 Å². The first-order valence-corrected chi connectivity index (χ1v) is 12.7. The number of thiophene rings is 1. The number of aromatic amines is 1. The first-order valence-electron chi connectivity index (χ1n) is 10.5. The molecule has 34 heavy (non-hydrogen) atoms. The van der Waals surface area contributed by atoms with Crippen molar-refractivity contribution in [3.05, 3.63) is 89.5 Å². The third-order valence-electron chi connectivity index (χ3n) is 5.52. The molecule has 6 nitrogen and oxygen atoms in total. The number of aromatic nitrogens is 3. The lowest BCUT2D eigenvalue weighted by molar-refractivity contribution is 0.483. The van der Waals surface area contributed by atoms with Gasteiger partial charge in [-0.15, -0.1) is 11.3 Å². The molecule has 0 unspecified atom stereocenters. The molecule has 0 spiro atoms. The molecule has 0 radical (unpaired) electrons. The fraction of sp³-hybridized carbons (Fsp3) is 0. The highest BCUT2D eigenvalue weighted by molar-refractivity contribution is 7.85. The summed E-state index contributed by atoms with van der Waals surface area (Å²) in [6, 6.07) is 20.3. The molecule has 2 aliphatic rings. The van der Waals surface area contributed by atoms with Crippen molar-refractivity contribution < 1.29 is 13.0 Å². The van der Waals surface area contributed by atoms with Crippen LogP contribution in [0.3, 0.4) is 0 Å². The zero-order chi connectivity index (χ0) is 23.3. The van der Waals surface area contributed by atoms with Crippen LogP contribution in [0.1, 0.15) is 22.8 Å². The van der Waals surface area contributed by atoms with E-state index in [0.29, 0.717) is 0 Å². The SMILES string of the molecule is O=S(=O)(O)c1ccc(-c2cc3cc4nc(cc5ccc(cc6nc(cc2s3)C=C6)[nH]5)C=C4)cc1. The number of fused-ring (bicyclic) bond motifs is 8. The van der Waals surface area contributed by atoms with Crippen molar-refractivity contribution in [2.75, 3.05) is 0 Å². The fourth-order valence-electron chi connectivity index (χ4n) is 3.94. The van der Waals surface area contributed by atoms with Crippen LogP contribution in [0, 0.1) is 0 Å². The summed E-state index contributed by atoms with van der Waals surface area (Å²) < 4.78 is 34.2. The van der Waals surface area contributed by atoms with E-state index in [9.17, 15) is 13.0 Å². The average Bonchev–Trinajstić information content (AvgIpc) is 3.58. The van der Waals surface area contributed by atoms with Gasteiger partial charge in [-0.1, -0.05) is 12.1 Å². The van der Waals surface area contributed by atoms with Crippen molar-refractivity contribution in [1.82, 2.24) is 15.0 Å². The summed E-state index contributed by atoms with van der Waals surface area (Å²) in [5, 5.41) is 0. The molecule has 166 valence electrons. The van der Waals surface area contributed by atoms with Crippen molar-refractivity contribution in [2.45, 2.75) is 4.90 Å². The molecule has 6 rings (SSSR count). The molecule has 0 atom stereocenters. The van der Waals surface area contributed by atoms with E-state index in [1.165, 1.54) is 12.1 Å². The van der Waals surface area contributed by atoms with Crippen molar-refractivity contribution >= 4 is 66.2 Å². The first kappa shape index (κ1) is 20.7. The number of H-pyrrole nitrogens is 1. The highest BCUT2D eigenvalue weighted by atomic mass is 32.2. The van der Waals surface area contributed by atoms with E-state index in [2.05, 4.69) is 11.1 Å². The predicted octanol–water partition coefficient (Wildman–Crippen LogP) is 6.30. The Morgan fingerprint density at radius 1 is 0.706 bits per heavy atom. The third-order valence-corrected chi connectivity index (χ3v) is 7.41. The van der Waals surface area contributed by atoms with E-state index in [1.54, 1.807) is 23.5 Å². The smallest absolute Gasteiger partial charge is 0.294 e.